The molecule has 3 heterocycles. The maximum atomic E-state index is 13.7. The van der Waals surface area contributed by atoms with E-state index in [0.717, 1.165) is 23.5 Å². The molecule has 3 N–H and O–H groups in total. The number of carbonyl (C=O) groups is 1. The summed E-state index contributed by atoms with van der Waals surface area (Å²) in [5.41, 5.74) is -1.65. The number of hydrogen-bond acceptors (Lipinski definition) is 8. The number of piperidine rings is 1. The van der Waals surface area contributed by atoms with Crippen LogP contribution in [-0.4, -0.2) is 75.7 Å². The first-order chi connectivity index (χ1) is 19.2. The van der Waals surface area contributed by atoms with E-state index in [-0.39, 0.29) is 45.9 Å². The Morgan fingerprint density at radius 1 is 1.17 bits per heavy atom. The van der Waals surface area contributed by atoms with E-state index in [1.807, 2.05) is 0 Å². The maximum Gasteiger partial charge on any atom is 0.404 e. The molecule has 1 aliphatic rings. The number of rotatable bonds is 7. The zero-order valence-electron chi connectivity index (χ0n) is 22.0. The fourth-order valence-corrected chi connectivity index (χ4v) is 7.01. The molecule has 0 aliphatic carbocycles. The number of aromatic amines is 1. The average molecular weight is 678 g/mol. The zero-order chi connectivity index (χ0) is 31.4. The van der Waals surface area contributed by atoms with Gasteiger partial charge in [0.15, 0.2) is 10.8 Å². The molecule has 10 nitrogen and oxygen atoms in total. The first-order valence-electron chi connectivity index (χ1n) is 12.1. The lowest BCUT2D eigenvalue weighted by atomic mass is 10.1. The van der Waals surface area contributed by atoms with E-state index in [4.69, 9.17) is 23.2 Å². The Morgan fingerprint density at radius 2 is 1.79 bits per heavy atom. The molecule has 42 heavy (non-hydrogen) atoms. The summed E-state index contributed by atoms with van der Waals surface area (Å²) < 4.78 is 93.3. The Hall–Kier alpha value is -2.44. The maximum absolute atomic E-state index is 13.7. The van der Waals surface area contributed by atoms with Gasteiger partial charge < -0.3 is 10.0 Å². The van der Waals surface area contributed by atoms with Gasteiger partial charge in [0, 0.05) is 31.5 Å². The molecular weight excluding hydrogens is 654 g/mol. The number of carbonyl (C=O) groups excluding carboxylic acids is 1. The van der Waals surface area contributed by atoms with Crippen molar-refractivity contribution in [2.24, 2.45) is 0 Å². The van der Waals surface area contributed by atoms with Gasteiger partial charge in [-0.15, -0.1) is 11.3 Å². The van der Waals surface area contributed by atoms with Crippen molar-refractivity contribution in [2.45, 2.75) is 62.3 Å². The number of nitrogens with zero attached hydrogens (tertiary/aromatic N) is 4. The van der Waals surface area contributed by atoms with Crippen LogP contribution in [0.2, 0.25) is 10.0 Å². The Balaban J connectivity index is 1.80. The molecule has 0 radical (unpaired) electrons. The number of likely N-dealkylation sites (tertiary alicyclic amines) is 1. The Morgan fingerprint density at radius 3 is 2.33 bits per heavy atom. The summed E-state index contributed by atoms with van der Waals surface area (Å²) in [5.74, 6) is -3.61. The SMILES string of the molecule is C[C@H](NS(=O)(=O)c1ccc(-c2sc(-c3n[nH]c(C(C)(C)O)n3)nc2C(=O)N2CCC(F)(F)CC2)c(Cl)c1Cl)C(F)(F)F. The lowest BCUT2D eigenvalue weighted by molar-refractivity contribution is -0.147. The number of alkyl halides is 5. The highest BCUT2D eigenvalue weighted by atomic mass is 35.5. The molecule has 19 heteroatoms. The van der Waals surface area contributed by atoms with E-state index in [1.54, 1.807) is 0 Å². The van der Waals surface area contributed by atoms with Gasteiger partial charge in [-0.25, -0.2) is 27.2 Å². The van der Waals surface area contributed by atoms with Crippen LogP contribution in [0.5, 0.6) is 0 Å². The van der Waals surface area contributed by atoms with Crippen LogP contribution >= 0.6 is 34.5 Å². The van der Waals surface area contributed by atoms with Crippen molar-refractivity contribution < 1.29 is 40.3 Å². The number of aromatic nitrogens is 4. The largest absolute Gasteiger partial charge is 0.404 e. The summed E-state index contributed by atoms with van der Waals surface area (Å²) in [6.07, 6.45) is -6.01. The molecule has 0 saturated carbocycles. The number of benzene rings is 1. The zero-order valence-corrected chi connectivity index (χ0v) is 25.1. The van der Waals surface area contributed by atoms with Gasteiger partial charge >= 0.3 is 6.18 Å². The lowest BCUT2D eigenvalue weighted by Gasteiger charge is -2.31. The summed E-state index contributed by atoms with van der Waals surface area (Å²) in [6, 6.07) is -0.375. The number of nitrogens with one attached hydrogen (secondary N) is 2. The topological polar surface area (TPSA) is 141 Å². The number of sulfonamides is 1. The summed E-state index contributed by atoms with van der Waals surface area (Å²) in [4.78, 5) is 22.5. The molecule has 4 rings (SSSR count). The van der Waals surface area contributed by atoms with Gasteiger partial charge in [0.2, 0.25) is 15.8 Å². The van der Waals surface area contributed by atoms with E-state index in [2.05, 4.69) is 20.2 Å². The summed E-state index contributed by atoms with van der Waals surface area (Å²) in [7, 11) is -4.79. The molecule has 1 saturated heterocycles. The van der Waals surface area contributed by atoms with Gasteiger partial charge in [0.1, 0.15) is 22.2 Å². The van der Waals surface area contributed by atoms with Crippen molar-refractivity contribution in [3.8, 4) is 21.3 Å². The number of amides is 1. The van der Waals surface area contributed by atoms with Gasteiger partial charge in [0.25, 0.3) is 11.8 Å². The fourth-order valence-electron chi connectivity index (χ4n) is 3.84. The van der Waals surface area contributed by atoms with Crippen molar-refractivity contribution in [1.29, 1.82) is 0 Å². The number of aliphatic hydroxyl groups is 1. The van der Waals surface area contributed by atoms with Crippen LogP contribution < -0.4 is 4.72 Å². The molecule has 1 aromatic carbocycles. The Kier molecular flexibility index (Phi) is 8.69. The van der Waals surface area contributed by atoms with E-state index < -0.39 is 67.5 Å². The van der Waals surface area contributed by atoms with E-state index in [9.17, 15) is 40.3 Å². The predicted octanol–water partition coefficient (Wildman–Crippen LogP) is 5.23. The van der Waals surface area contributed by atoms with Crippen molar-refractivity contribution in [1.82, 2.24) is 29.8 Å². The smallest absolute Gasteiger partial charge is 0.382 e. The van der Waals surface area contributed by atoms with E-state index in [0.29, 0.717) is 6.92 Å². The van der Waals surface area contributed by atoms with E-state index >= 15 is 0 Å². The van der Waals surface area contributed by atoms with Crippen molar-refractivity contribution in [3.63, 3.8) is 0 Å². The van der Waals surface area contributed by atoms with Crippen molar-refractivity contribution >= 4 is 50.5 Å². The minimum atomic E-state index is -4.87. The molecule has 0 unspecified atom stereocenters. The van der Waals surface area contributed by atoms with Crippen LogP contribution in [0.4, 0.5) is 22.0 Å². The first kappa shape index (κ1) is 32.5. The first-order valence-corrected chi connectivity index (χ1v) is 15.2. The lowest BCUT2D eigenvalue weighted by Crippen LogP contribution is -2.43. The summed E-state index contributed by atoms with van der Waals surface area (Å²) >= 11 is 13.5. The van der Waals surface area contributed by atoms with Gasteiger partial charge in [-0.1, -0.05) is 29.3 Å². The highest BCUT2D eigenvalue weighted by molar-refractivity contribution is 7.89. The predicted molar refractivity (Wildman–Crippen MR) is 144 cm³/mol. The standard InChI is InChI=1S/C23H23Cl2F5N6O4S2/c1-10(23(28,29)30)35-42(39,40)12-5-4-11(13(24)14(12)25)16-15(19(37)36-8-6-22(26,27)7-9-36)31-18(41-16)17-32-20(34-33-17)21(2,3)38/h4-5,10,35,38H,6-9H2,1-3H3,(H,32,33,34)/t10-/m0/s1. The molecule has 2 aromatic heterocycles. The normalized spacial score (nSPS) is 17.0. The monoisotopic (exact) mass is 676 g/mol. The second kappa shape index (κ2) is 11.2. The molecular formula is C23H23Cl2F5N6O4S2. The third-order valence-electron chi connectivity index (χ3n) is 6.27. The third-order valence-corrected chi connectivity index (χ3v) is 9.93. The van der Waals surface area contributed by atoms with Gasteiger partial charge in [-0.3, -0.25) is 9.89 Å². The molecule has 0 bridgehead atoms. The fraction of sp³-hybridized carbons (Fsp3) is 0.478. The van der Waals surface area contributed by atoms with Crippen LogP contribution in [-0.2, 0) is 15.6 Å². The highest BCUT2D eigenvalue weighted by Gasteiger charge is 2.40. The van der Waals surface area contributed by atoms with E-state index in [1.165, 1.54) is 23.5 Å². The third kappa shape index (κ3) is 6.70. The second-order valence-electron chi connectivity index (χ2n) is 10.0. The van der Waals surface area contributed by atoms with Crippen molar-refractivity contribution in [3.05, 3.63) is 33.7 Å². The van der Waals surface area contributed by atoms with Crippen LogP contribution in [0.25, 0.3) is 21.3 Å². The minimum absolute atomic E-state index is 0.00262. The number of H-pyrrole nitrogens is 1. The van der Waals surface area contributed by atoms with Gasteiger partial charge in [0.05, 0.1) is 14.9 Å². The van der Waals surface area contributed by atoms with Crippen LogP contribution in [0.3, 0.4) is 0 Å². The number of halogens is 7. The molecule has 1 fully saturated rings. The summed E-state index contributed by atoms with van der Waals surface area (Å²) in [5, 5.41) is 15.8. The Labute approximate surface area is 250 Å². The molecule has 1 aliphatic heterocycles. The molecule has 0 spiro atoms. The second-order valence-corrected chi connectivity index (χ2v) is 13.5. The average Bonchev–Trinajstić information content (AvgIpc) is 3.52. The molecule has 1 atom stereocenters. The van der Waals surface area contributed by atoms with Crippen LogP contribution in [0.1, 0.15) is 49.9 Å². The number of hydrogen-bond donors (Lipinski definition) is 3. The quantitative estimate of drug-likeness (QED) is 0.291. The Bertz CT molecular complexity index is 1610. The minimum Gasteiger partial charge on any atom is -0.382 e. The summed E-state index contributed by atoms with van der Waals surface area (Å²) in [6.45, 7) is 2.98. The van der Waals surface area contributed by atoms with Gasteiger partial charge in [-0.2, -0.15) is 23.0 Å². The molecule has 3 aromatic rings. The molecule has 1 amide bonds. The van der Waals surface area contributed by atoms with Crippen LogP contribution in [0, 0.1) is 0 Å². The van der Waals surface area contributed by atoms with Crippen LogP contribution in [0.15, 0.2) is 17.0 Å². The van der Waals surface area contributed by atoms with Gasteiger partial charge in [-0.05, 0) is 26.8 Å². The number of thiazole rings is 1. The molecule has 230 valence electrons. The highest BCUT2D eigenvalue weighted by Crippen LogP contribution is 2.43. The van der Waals surface area contributed by atoms with Crippen molar-refractivity contribution in [2.75, 3.05) is 13.1 Å².